The number of nitrogens with two attached hydrogens (primary N) is 1. The Morgan fingerprint density at radius 3 is 2.04 bits per heavy atom. The van der Waals surface area contributed by atoms with Crippen molar-refractivity contribution in [3.05, 3.63) is 64.2 Å². The summed E-state index contributed by atoms with van der Waals surface area (Å²) in [4.78, 5) is 23.6. The van der Waals surface area contributed by atoms with Crippen LogP contribution in [0.5, 0.6) is 0 Å². The van der Waals surface area contributed by atoms with E-state index in [1.165, 1.54) is 0 Å². The predicted octanol–water partition coefficient (Wildman–Crippen LogP) is 3.62. The predicted molar refractivity (Wildman–Crippen MR) is 74.1 cm³/mol. The van der Waals surface area contributed by atoms with Crippen LogP contribution >= 0.6 is 11.6 Å². The first-order valence-electron chi connectivity index (χ1n) is 5.96. The molecule has 2 rings (SSSR count). The van der Waals surface area contributed by atoms with Gasteiger partial charge in [0.05, 0.1) is 10.7 Å². The van der Waals surface area contributed by atoms with Crippen molar-refractivity contribution in [1.82, 2.24) is 0 Å². The molecule has 0 radical (unpaired) electrons. The Labute approximate surface area is 132 Å². The van der Waals surface area contributed by atoms with E-state index < -0.39 is 51.5 Å². The highest BCUT2D eigenvalue weighted by molar-refractivity contribution is 6.31. The van der Waals surface area contributed by atoms with Crippen LogP contribution < -0.4 is 10.6 Å². The van der Waals surface area contributed by atoms with Gasteiger partial charge in [0.25, 0.3) is 5.91 Å². The van der Waals surface area contributed by atoms with Gasteiger partial charge < -0.3 is 5.73 Å². The fourth-order valence-electron chi connectivity index (χ4n) is 1.83. The molecule has 9 heteroatoms. The number of amides is 3. The molecule has 120 valence electrons. The van der Waals surface area contributed by atoms with Crippen molar-refractivity contribution >= 4 is 29.2 Å². The molecule has 0 atom stereocenters. The first-order chi connectivity index (χ1) is 10.7. The number of hydrogen-bond acceptors (Lipinski definition) is 2. The van der Waals surface area contributed by atoms with Gasteiger partial charge in [0.2, 0.25) is 0 Å². The first kappa shape index (κ1) is 16.8. The van der Waals surface area contributed by atoms with Crippen molar-refractivity contribution in [2.75, 3.05) is 4.90 Å². The van der Waals surface area contributed by atoms with Crippen LogP contribution in [0.25, 0.3) is 0 Å². The van der Waals surface area contributed by atoms with Crippen LogP contribution in [-0.2, 0) is 0 Å². The van der Waals surface area contributed by atoms with Crippen LogP contribution in [0.4, 0.5) is 28.0 Å². The minimum Gasteiger partial charge on any atom is -0.351 e. The molecule has 0 aliphatic rings. The molecule has 0 fully saturated rings. The average Bonchev–Trinajstić information content (AvgIpc) is 2.44. The number of benzene rings is 2. The lowest BCUT2D eigenvalue weighted by atomic mass is 10.1. The van der Waals surface area contributed by atoms with Gasteiger partial charge in [0.1, 0.15) is 28.8 Å². The summed E-state index contributed by atoms with van der Waals surface area (Å²) in [5.74, 6) is -6.61. The molecule has 3 amide bonds. The van der Waals surface area contributed by atoms with E-state index >= 15 is 0 Å². The maximum Gasteiger partial charge on any atom is 0.326 e. The van der Waals surface area contributed by atoms with Gasteiger partial charge >= 0.3 is 6.03 Å². The highest BCUT2D eigenvalue weighted by Gasteiger charge is 2.30. The second-order valence-corrected chi connectivity index (χ2v) is 4.70. The van der Waals surface area contributed by atoms with Gasteiger partial charge in [-0.2, -0.15) is 0 Å². The van der Waals surface area contributed by atoms with Crippen molar-refractivity contribution in [2.24, 2.45) is 5.73 Å². The molecule has 0 unspecified atom stereocenters. The Kier molecular flexibility index (Phi) is 4.55. The van der Waals surface area contributed by atoms with Gasteiger partial charge in [-0.15, -0.1) is 0 Å². The molecule has 0 saturated heterocycles. The summed E-state index contributed by atoms with van der Waals surface area (Å²) in [6.45, 7) is 0. The number of carbonyl (C=O) groups excluding carboxylic acids is 2. The van der Waals surface area contributed by atoms with Gasteiger partial charge in [0, 0.05) is 6.07 Å². The van der Waals surface area contributed by atoms with Gasteiger partial charge in [-0.25, -0.2) is 27.3 Å². The molecule has 0 heterocycles. The Bertz CT molecular complexity index is 793. The quantitative estimate of drug-likeness (QED) is 0.666. The maximum atomic E-state index is 13.9. The zero-order valence-electron chi connectivity index (χ0n) is 11.1. The molecular weight excluding hydrogens is 340 g/mol. The standard InChI is InChI=1S/C14H7ClF4N2O2/c15-6-4-10(19)11(5-9(6)18)21(14(20)23)13(22)12-7(16)2-1-3-8(12)17/h1-5H,(H2,20,23). The van der Waals surface area contributed by atoms with Crippen LogP contribution in [0.1, 0.15) is 10.4 Å². The number of carbonyl (C=O) groups is 2. The molecule has 0 saturated carbocycles. The highest BCUT2D eigenvalue weighted by atomic mass is 35.5. The number of imide groups is 1. The third-order valence-electron chi connectivity index (χ3n) is 2.83. The van der Waals surface area contributed by atoms with E-state index in [4.69, 9.17) is 17.3 Å². The van der Waals surface area contributed by atoms with Crippen LogP contribution in [-0.4, -0.2) is 11.9 Å². The van der Waals surface area contributed by atoms with Crippen molar-refractivity contribution < 1.29 is 27.2 Å². The summed E-state index contributed by atoms with van der Waals surface area (Å²) in [7, 11) is 0. The van der Waals surface area contributed by atoms with E-state index in [9.17, 15) is 27.2 Å². The molecular formula is C14H7ClF4N2O2. The zero-order valence-corrected chi connectivity index (χ0v) is 11.9. The summed E-state index contributed by atoms with van der Waals surface area (Å²) in [6, 6.07) is 1.85. The summed E-state index contributed by atoms with van der Waals surface area (Å²) in [5.41, 5.74) is 2.90. The molecule has 0 aliphatic carbocycles. The number of hydrogen-bond donors (Lipinski definition) is 1. The third kappa shape index (κ3) is 3.11. The molecule has 2 aromatic carbocycles. The van der Waals surface area contributed by atoms with Crippen LogP contribution in [0.2, 0.25) is 5.02 Å². The molecule has 2 aromatic rings. The summed E-state index contributed by atoms with van der Waals surface area (Å²) < 4.78 is 54.7. The minimum atomic E-state index is -1.59. The molecule has 0 bridgehead atoms. The smallest absolute Gasteiger partial charge is 0.326 e. The Morgan fingerprint density at radius 2 is 1.52 bits per heavy atom. The summed E-state index contributed by atoms with van der Waals surface area (Å²) in [6.07, 6.45) is 0. The Hall–Kier alpha value is -2.61. The van der Waals surface area contributed by atoms with E-state index in [2.05, 4.69) is 0 Å². The number of nitrogens with zero attached hydrogens (tertiary/aromatic N) is 1. The summed E-state index contributed by atoms with van der Waals surface area (Å²) >= 11 is 5.36. The number of rotatable bonds is 2. The lowest BCUT2D eigenvalue weighted by Gasteiger charge is -2.20. The van der Waals surface area contributed by atoms with E-state index in [1.807, 2.05) is 0 Å². The topological polar surface area (TPSA) is 63.4 Å². The van der Waals surface area contributed by atoms with Crippen molar-refractivity contribution in [1.29, 1.82) is 0 Å². The number of primary amides is 1. The molecule has 2 N–H and O–H groups in total. The lowest BCUT2D eigenvalue weighted by Crippen LogP contribution is -2.42. The largest absolute Gasteiger partial charge is 0.351 e. The fraction of sp³-hybridized carbons (Fsp3) is 0. The number of urea groups is 1. The second kappa shape index (κ2) is 6.25. The van der Waals surface area contributed by atoms with E-state index in [0.29, 0.717) is 12.1 Å². The van der Waals surface area contributed by atoms with Crippen molar-refractivity contribution in [2.45, 2.75) is 0 Å². The van der Waals surface area contributed by atoms with Crippen LogP contribution in [0.3, 0.4) is 0 Å². The summed E-state index contributed by atoms with van der Waals surface area (Å²) in [5, 5.41) is -0.611. The zero-order chi connectivity index (χ0) is 17.3. The average molecular weight is 347 g/mol. The van der Waals surface area contributed by atoms with E-state index in [1.54, 1.807) is 0 Å². The third-order valence-corrected chi connectivity index (χ3v) is 3.12. The SMILES string of the molecule is NC(=O)N(C(=O)c1c(F)cccc1F)c1cc(F)c(Cl)cc1F. The molecule has 0 aliphatic heterocycles. The second-order valence-electron chi connectivity index (χ2n) is 4.29. The monoisotopic (exact) mass is 346 g/mol. The van der Waals surface area contributed by atoms with Gasteiger partial charge in [-0.1, -0.05) is 17.7 Å². The molecule has 0 spiro atoms. The van der Waals surface area contributed by atoms with Crippen LogP contribution in [0, 0.1) is 23.3 Å². The lowest BCUT2D eigenvalue weighted by molar-refractivity contribution is 0.0986. The molecule has 23 heavy (non-hydrogen) atoms. The van der Waals surface area contributed by atoms with Crippen LogP contribution in [0.15, 0.2) is 30.3 Å². The van der Waals surface area contributed by atoms with Gasteiger partial charge in [-0.05, 0) is 18.2 Å². The first-order valence-corrected chi connectivity index (χ1v) is 6.34. The van der Waals surface area contributed by atoms with Crippen molar-refractivity contribution in [3.8, 4) is 0 Å². The van der Waals surface area contributed by atoms with E-state index in [-0.39, 0.29) is 4.90 Å². The normalized spacial score (nSPS) is 10.5. The van der Waals surface area contributed by atoms with Gasteiger partial charge in [0.15, 0.2) is 0 Å². The van der Waals surface area contributed by atoms with Gasteiger partial charge in [-0.3, -0.25) is 4.79 Å². The number of anilines is 1. The van der Waals surface area contributed by atoms with Crippen molar-refractivity contribution in [3.63, 3.8) is 0 Å². The van der Waals surface area contributed by atoms with E-state index in [0.717, 1.165) is 18.2 Å². The Balaban J connectivity index is 2.63. The molecule has 4 nitrogen and oxygen atoms in total. The highest BCUT2D eigenvalue weighted by Crippen LogP contribution is 2.28. The number of halogens is 5. The maximum absolute atomic E-state index is 13.9. The minimum absolute atomic E-state index is 0.0871. The Morgan fingerprint density at radius 1 is 0.957 bits per heavy atom. The molecule has 0 aromatic heterocycles. The fourth-order valence-corrected chi connectivity index (χ4v) is 1.98.